The van der Waals surface area contributed by atoms with Crippen molar-refractivity contribution in [2.75, 3.05) is 51.3 Å². The topological polar surface area (TPSA) is 79.6 Å². The molecule has 0 saturated carbocycles. The van der Waals surface area contributed by atoms with Crippen LogP contribution in [0.15, 0.2) is 4.99 Å². The number of aryl methyl sites for hydroxylation is 1. The highest BCUT2D eigenvalue weighted by molar-refractivity contribution is 7.98. The van der Waals surface area contributed by atoms with Crippen LogP contribution < -0.4 is 10.6 Å². The van der Waals surface area contributed by atoms with Gasteiger partial charge in [0.25, 0.3) is 0 Å². The zero-order chi connectivity index (χ0) is 20.4. The molecular weight excluding hydrogens is 374 g/mol. The minimum absolute atomic E-state index is 0.183. The lowest BCUT2D eigenvalue weighted by Crippen LogP contribution is -2.50. The molecule has 0 aromatic carbocycles. The van der Waals surface area contributed by atoms with Crippen molar-refractivity contribution in [2.45, 2.75) is 39.8 Å². The van der Waals surface area contributed by atoms with Crippen molar-refractivity contribution in [1.82, 2.24) is 30.3 Å². The second-order valence-electron chi connectivity index (χ2n) is 7.69. The van der Waals surface area contributed by atoms with Crippen LogP contribution in [0.5, 0.6) is 0 Å². The molecule has 1 unspecified atom stereocenters. The molecule has 0 bridgehead atoms. The van der Waals surface area contributed by atoms with Gasteiger partial charge in [0.05, 0.1) is 12.7 Å². The Labute approximate surface area is 173 Å². The van der Waals surface area contributed by atoms with Crippen LogP contribution in [0, 0.1) is 12.8 Å². The number of hydrogen-bond acceptors (Lipinski definition) is 6. The minimum Gasteiger partial charge on any atom is -0.374 e. The lowest BCUT2D eigenvalue weighted by molar-refractivity contribution is -0.0284. The number of nitrogens with one attached hydrogen (secondary N) is 2. The Balaban J connectivity index is 1.89. The molecule has 0 aliphatic carbocycles. The van der Waals surface area contributed by atoms with Gasteiger partial charge in [0.2, 0.25) is 0 Å². The molecule has 1 aliphatic rings. The highest BCUT2D eigenvalue weighted by Gasteiger charge is 2.21. The molecule has 0 spiro atoms. The van der Waals surface area contributed by atoms with Crippen molar-refractivity contribution in [2.24, 2.45) is 18.0 Å². The molecule has 2 rings (SSSR count). The smallest absolute Gasteiger partial charge is 0.191 e. The quantitative estimate of drug-likeness (QED) is 0.341. The number of nitrogens with zero attached hydrogens (tertiary/aromatic N) is 5. The van der Waals surface area contributed by atoms with Gasteiger partial charge in [0, 0.05) is 39.8 Å². The van der Waals surface area contributed by atoms with Gasteiger partial charge in [-0.05, 0) is 31.3 Å². The molecule has 1 aliphatic heterocycles. The van der Waals surface area contributed by atoms with E-state index in [9.17, 15) is 0 Å². The molecule has 8 nitrogen and oxygen atoms in total. The van der Waals surface area contributed by atoms with Crippen molar-refractivity contribution in [3.05, 3.63) is 11.6 Å². The summed E-state index contributed by atoms with van der Waals surface area (Å²) in [6.45, 7) is 12.5. The van der Waals surface area contributed by atoms with Crippen LogP contribution in [0.25, 0.3) is 0 Å². The Morgan fingerprint density at radius 2 is 2.18 bits per heavy atom. The molecule has 9 heteroatoms. The second-order valence-corrected chi connectivity index (χ2v) is 8.67. The summed E-state index contributed by atoms with van der Waals surface area (Å²) in [6, 6.07) is 0. The van der Waals surface area contributed by atoms with Crippen molar-refractivity contribution in [3.63, 3.8) is 0 Å². The van der Waals surface area contributed by atoms with Crippen LogP contribution in [0.4, 0.5) is 0 Å². The van der Waals surface area contributed by atoms with E-state index in [1.54, 1.807) is 0 Å². The van der Waals surface area contributed by atoms with E-state index in [-0.39, 0.29) is 6.10 Å². The molecule has 28 heavy (non-hydrogen) atoms. The number of rotatable bonds is 10. The van der Waals surface area contributed by atoms with Gasteiger partial charge in [-0.25, -0.2) is 4.99 Å². The number of hydrogen-bond donors (Lipinski definition) is 2. The molecule has 2 heterocycles. The van der Waals surface area contributed by atoms with Crippen molar-refractivity contribution in [3.8, 4) is 0 Å². The average Bonchev–Trinajstić information content (AvgIpc) is 2.98. The lowest BCUT2D eigenvalue weighted by atomic mass is 10.2. The van der Waals surface area contributed by atoms with Crippen molar-refractivity contribution >= 4 is 17.7 Å². The molecule has 1 aromatic rings. The van der Waals surface area contributed by atoms with Crippen molar-refractivity contribution in [1.29, 1.82) is 0 Å². The summed E-state index contributed by atoms with van der Waals surface area (Å²) >= 11 is 1.86. The molecule has 0 amide bonds. The average molecular weight is 412 g/mol. The molecule has 1 saturated heterocycles. The summed E-state index contributed by atoms with van der Waals surface area (Å²) in [7, 11) is 1.97. The van der Waals surface area contributed by atoms with Crippen LogP contribution in [0.3, 0.4) is 0 Å². The minimum atomic E-state index is 0.183. The first kappa shape index (κ1) is 23.0. The van der Waals surface area contributed by atoms with Gasteiger partial charge in [0.15, 0.2) is 11.8 Å². The van der Waals surface area contributed by atoms with Gasteiger partial charge in [0.1, 0.15) is 12.4 Å². The first-order chi connectivity index (χ1) is 13.5. The second kappa shape index (κ2) is 12.3. The Morgan fingerprint density at radius 3 is 2.86 bits per heavy atom. The number of guanidine groups is 1. The third-order valence-corrected chi connectivity index (χ3v) is 5.42. The fourth-order valence-corrected chi connectivity index (χ4v) is 3.57. The summed E-state index contributed by atoms with van der Waals surface area (Å²) in [5.41, 5.74) is 0. The predicted molar refractivity (Wildman–Crippen MR) is 117 cm³/mol. The number of morpholine rings is 1. The zero-order valence-electron chi connectivity index (χ0n) is 18.1. The summed E-state index contributed by atoms with van der Waals surface area (Å²) in [6.07, 6.45) is 3.42. The Bertz CT molecular complexity index is 605. The maximum atomic E-state index is 5.95. The SMILES string of the molecule is CSCCCNC(=NCc1nnc(C)n1C)NCC1CN(CC(C)C)CCO1. The molecule has 160 valence electrons. The highest BCUT2D eigenvalue weighted by atomic mass is 32.2. The molecule has 1 aromatic heterocycles. The summed E-state index contributed by atoms with van der Waals surface area (Å²) in [5, 5.41) is 15.2. The summed E-state index contributed by atoms with van der Waals surface area (Å²) < 4.78 is 7.93. The fraction of sp³-hybridized carbons (Fsp3) is 0.842. The van der Waals surface area contributed by atoms with E-state index >= 15 is 0 Å². The maximum Gasteiger partial charge on any atom is 0.191 e. The monoisotopic (exact) mass is 411 g/mol. The Kier molecular flexibility index (Phi) is 10.1. The zero-order valence-corrected chi connectivity index (χ0v) is 18.9. The first-order valence-electron chi connectivity index (χ1n) is 10.2. The van der Waals surface area contributed by atoms with E-state index in [1.165, 1.54) is 0 Å². The first-order valence-corrected chi connectivity index (χ1v) is 11.6. The number of aliphatic imine (C=N–C) groups is 1. The Morgan fingerprint density at radius 1 is 1.36 bits per heavy atom. The molecular formula is C19H37N7OS. The van der Waals surface area contributed by atoms with Gasteiger partial charge in [-0.15, -0.1) is 10.2 Å². The van der Waals surface area contributed by atoms with Crippen molar-refractivity contribution < 1.29 is 4.74 Å². The van der Waals surface area contributed by atoms with E-state index in [0.717, 1.165) is 69.1 Å². The summed E-state index contributed by atoms with van der Waals surface area (Å²) in [4.78, 5) is 7.20. The van der Waals surface area contributed by atoms with E-state index in [1.807, 2.05) is 30.3 Å². The fourth-order valence-electron chi connectivity index (χ4n) is 3.13. The maximum absolute atomic E-state index is 5.95. The molecule has 1 atom stereocenters. The lowest BCUT2D eigenvalue weighted by Gasteiger charge is -2.34. The predicted octanol–water partition coefficient (Wildman–Crippen LogP) is 1.27. The van der Waals surface area contributed by atoms with Crippen LogP contribution in [-0.2, 0) is 18.3 Å². The van der Waals surface area contributed by atoms with Crippen LogP contribution in [-0.4, -0.2) is 83.1 Å². The van der Waals surface area contributed by atoms with Gasteiger partial charge < -0.3 is 19.9 Å². The number of thioether (sulfide) groups is 1. The molecule has 1 fully saturated rings. The van der Waals surface area contributed by atoms with Crippen LogP contribution >= 0.6 is 11.8 Å². The number of ether oxygens (including phenoxy) is 1. The van der Waals surface area contributed by atoms with Gasteiger partial charge in [-0.2, -0.15) is 11.8 Å². The van der Waals surface area contributed by atoms with E-state index < -0.39 is 0 Å². The standard InChI is InChI=1S/C19H37N7OS/c1-15(2)13-26-8-9-27-17(14-26)11-21-19(20-7-6-10-28-5)22-12-18-24-23-16(3)25(18)4/h15,17H,6-14H2,1-5H3,(H2,20,21,22). The van der Waals surface area contributed by atoms with Gasteiger partial charge in [-0.1, -0.05) is 13.8 Å². The van der Waals surface area contributed by atoms with E-state index in [2.05, 4.69) is 45.8 Å². The third-order valence-electron chi connectivity index (χ3n) is 4.72. The highest BCUT2D eigenvalue weighted by Crippen LogP contribution is 2.07. The van der Waals surface area contributed by atoms with Gasteiger partial charge >= 0.3 is 0 Å². The Hall–Kier alpha value is -1.32. The largest absolute Gasteiger partial charge is 0.374 e. The van der Waals surface area contributed by atoms with Crippen LogP contribution in [0.1, 0.15) is 31.9 Å². The van der Waals surface area contributed by atoms with Crippen LogP contribution in [0.2, 0.25) is 0 Å². The van der Waals surface area contributed by atoms with Gasteiger partial charge in [-0.3, -0.25) is 4.90 Å². The number of aromatic nitrogens is 3. The third kappa shape index (κ3) is 7.97. The summed E-state index contributed by atoms with van der Waals surface area (Å²) in [5.74, 6) is 4.38. The normalized spacial score (nSPS) is 18.6. The van der Waals surface area contributed by atoms with E-state index in [0.29, 0.717) is 12.5 Å². The molecule has 0 radical (unpaired) electrons. The molecule has 2 N–H and O–H groups in total. The van der Waals surface area contributed by atoms with E-state index in [4.69, 9.17) is 9.73 Å².